The van der Waals surface area contributed by atoms with Gasteiger partial charge in [-0.1, -0.05) is 6.92 Å². The topological polar surface area (TPSA) is 58.4 Å². The second-order valence-electron chi connectivity index (χ2n) is 3.92. The molecule has 1 fully saturated rings. The first-order chi connectivity index (χ1) is 6.74. The number of carbonyl (C=O) groups excluding carboxylic acids is 1. The minimum Gasteiger partial charge on any atom is -0.369 e. The zero-order valence-electron chi connectivity index (χ0n) is 8.96. The van der Waals surface area contributed by atoms with E-state index in [1.54, 1.807) is 0 Å². The molecule has 0 aromatic heterocycles. The van der Waals surface area contributed by atoms with Gasteiger partial charge in [-0.05, 0) is 38.9 Å². The van der Waals surface area contributed by atoms with E-state index >= 15 is 0 Å². The number of amides is 1. The largest absolute Gasteiger partial charge is 0.369 e. The molecule has 1 heterocycles. The minimum atomic E-state index is -0.211. The number of hydrogen-bond acceptors (Lipinski definition) is 3. The van der Waals surface area contributed by atoms with Gasteiger partial charge in [-0.25, -0.2) is 0 Å². The molecule has 0 unspecified atom stereocenters. The maximum atomic E-state index is 10.9. The van der Waals surface area contributed by atoms with E-state index in [9.17, 15) is 4.79 Å². The van der Waals surface area contributed by atoms with E-state index in [-0.39, 0.29) is 5.91 Å². The van der Waals surface area contributed by atoms with Crippen molar-refractivity contribution < 1.29 is 4.79 Å². The Bertz CT molecular complexity index is 178. The predicted octanol–water partition coefficient (Wildman–Crippen LogP) is -0.0643. The van der Waals surface area contributed by atoms with Gasteiger partial charge in [0.2, 0.25) is 5.91 Å². The third-order valence-electron chi connectivity index (χ3n) is 2.69. The van der Waals surface area contributed by atoms with Crippen LogP contribution in [-0.4, -0.2) is 43.0 Å². The normalized spacial score (nSPS) is 18.7. The van der Waals surface area contributed by atoms with Crippen molar-refractivity contribution in [2.75, 3.05) is 26.2 Å². The zero-order chi connectivity index (χ0) is 10.4. The van der Waals surface area contributed by atoms with Gasteiger partial charge in [0.25, 0.3) is 0 Å². The number of primary amides is 1. The summed E-state index contributed by atoms with van der Waals surface area (Å²) in [6, 6.07) is 0.545. The number of nitrogens with zero attached hydrogens (tertiary/aromatic N) is 1. The molecule has 1 saturated heterocycles. The quantitative estimate of drug-likeness (QED) is 0.652. The molecule has 82 valence electrons. The van der Waals surface area contributed by atoms with Gasteiger partial charge in [0, 0.05) is 6.04 Å². The summed E-state index contributed by atoms with van der Waals surface area (Å²) in [5.41, 5.74) is 5.23. The second-order valence-corrected chi connectivity index (χ2v) is 3.92. The van der Waals surface area contributed by atoms with Crippen LogP contribution >= 0.6 is 0 Å². The van der Waals surface area contributed by atoms with Crippen molar-refractivity contribution >= 4 is 5.91 Å². The maximum Gasteiger partial charge on any atom is 0.231 e. The van der Waals surface area contributed by atoms with Gasteiger partial charge in [0.15, 0.2) is 0 Å². The van der Waals surface area contributed by atoms with E-state index in [2.05, 4.69) is 17.1 Å². The molecule has 0 spiro atoms. The van der Waals surface area contributed by atoms with Crippen molar-refractivity contribution in [2.45, 2.75) is 32.2 Å². The molecule has 0 atom stereocenters. The van der Waals surface area contributed by atoms with E-state index < -0.39 is 0 Å². The van der Waals surface area contributed by atoms with E-state index in [0.717, 1.165) is 38.9 Å². The van der Waals surface area contributed by atoms with Crippen LogP contribution in [0.3, 0.4) is 0 Å². The first-order valence-corrected chi connectivity index (χ1v) is 5.47. The first-order valence-electron chi connectivity index (χ1n) is 5.47. The molecule has 1 amide bonds. The average molecular weight is 199 g/mol. The van der Waals surface area contributed by atoms with Crippen LogP contribution in [0, 0.1) is 0 Å². The van der Waals surface area contributed by atoms with Crippen molar-refractivity contribution in [3.8, 4) is 0 Å². The highest BCUT2D eigenvalue weighted by atomic mass is 16.1. The van der Waals surface area contributed by atoms with Gasteiger partial charge in [-0.3, -0.25) is 9.69 Å². The number of carbonyl (C=O) groups is 1. The van der Waals surface area contributed by atoms with Crippen molar-refractivity contribution in [3.63, 3.8) is 0 Å². The molecule has 4 nitrogen and oxygen atoms in total. The van der Waals surface area contributed by atoms with E-state index in [1.165, 1.54) is 0 Å². The zero-order valence-corrected chi connectivity index (χ0v) is 8.96. The standard InChI is InChI=1S/C10H21N3O/c1-2-7-13(8-10(11)14)9-3-5-12-6-4-9/h9,12H,2-8H2,1H3,(H2,11,14). The highest BCUT2D eigenvalue weighted by Crippen LogP contribution is 2.11. The molecular formula is C10H21N3O. The highest BCUT2D eigenvalue weighted by molar-refractivity contribution is 5.75. The fraction of sp³-hybridized carbons (Fsp3) is 0.900. The lowest BCUT2D eigenvalue weighted by molar-refractivity contribution is -0.119. The van der Waals surface area contributed by atoms with E-state index in [4.69, 9.17) is 5.73 Å². The van der Waals surface area contributed by atoms with Crippen molar-refractivity contribution in [1.82, 2.24) is 10.2 Å². The average Bonchev–Trinajstić information content (AvgIpc) is 2.18. The summed E-state index contributed by atoms with van der Waals surface area (Å²) in [6.45, 7) is 5.65. The van der Waals surface area contributed by atoms with Gasteiger partial charge in [-0.15, -0.1) is 0 Å². The van der Waals surface area contributed by atoms with Crippen LogP contribution in [0.1, 0.15) is 26.2 Å². The summed E-state index contributed by atoms with van der Waals surface area (Å²) < 4.78 is 0. The van der Waals surface area contributed by atoms with E-state index in [0.29, 0.717) is 12.6 Å². The summed E-state index contributed by atoms with van der Waals surface area (Å²) in [5.74, 6) is -0.211. The van der Waals surface area contributed by atoms with Gasteiger partial charge in [0.1, 0.15) is 0 Å². The van der Waals surface area contributed by atoms with Gasteiger partial charge < -0.3 is 11.1 Å². The van der Waals surface area contributed by atoms with Crippen LogP contribution < -0.4 is 11.1 Å². The molecule has 0 saturated carbocycles. The smallest absolute Gasteiger partial charge is 0.231 e. The maximum absolute atomic E-state index is 10.9. The van der Waals surface area contributed by atoms with Crippen LogP contribution in [0.2, 0.25) is 0 Å². The second kappa shape index (κ2) is 5.98. The van der Waals surface area contributed by atoms with Gasteiger partial charge in [-0.2, -0.15) is 0 Å². The van der Waals surface area contributed by atoms with Gasteiger partial charge >= 0.3 is 0 Å². The Morgan fingerprint density at radius 3 is 2.64 bits per heavy atom. The fourth-order valence-electron chi connectivity index (χ4n) is 2.05. The number of piperidine rings is 1. The van der Waals surface area contributed by atoms with Gasteiger partial charge in [0.05, 0.1) is 6.54 Å². The number of rotatable bonds is 5. The molecule has 0 bridgehead atoms. The molecule has 1 rings (SSSR count). The summed E-state index contributed by atoms with van der Waals surface area (Å²) in [5, 5.41) is 3.32. The number of nitrogens with two attached hydrogens (primary N) is 1. The Morgan fingerprint density at radius 1 is 1.50 bits per heavy atom. The Kier molecular flexibility index (Phi) is 4.90. The summed E-state index contributed by atoms with van der Waals surface area (Å²) in [4.78, 5) is 13.1. The Balaban J connectivity index is 2.42. The lowest BCUT2D eigenvalue weighted by Gasteiger charge is -2.33. The number of nitrogens with one attached hydrogen (secondary N) is 1. The third-order valence-corrected chi connectivity index (χ3v) is 2.69. The SMILES string of the molecule is CCCN(CC(N)=O)C1CCNCC1. The molecular weight excluding hydrogens is 178 g/mol. The lowest BCUT2D eigenvalue weighted by Crippen LogP contribution is -2.46. The summed E-state index contributed by atoms with van der Waals surface area (Å²) in [7, 11) is 0. The minimum absolute atomic E-state index is 0.211. The van der Waals surface area contributed by atoms with Crippen molar-refractivity contribution in [1.29, 1.82) is 0 Å². The van der Waals surface area contributed by atoms with Crippen molar-refractivity contribution in [3.05, 3.63) is 0 Å². The molecule has 14 heavy (non-hydrogen) atoms. The monoisotopic (exact) mass is 199 g/mol. The van der Waals surface area contributed by atoms with Crippen molar-refractivity contribution in [2.24, 2.45) is 5.73 Å². The molecule has 1 aliphatic heterocycles. The molecule has 4 heteroatoms. The highest BCUT2D eigenvalue weighted by Gasteiger charge is 2.21. The lowest BCUT2D eigenvalue weighted by atomic mass is 10.0. The van der Waals surface area contributed by atoms with Crippen LogP contribution in [0.4, 0.5) is 0 Å². The molecule has 0 aromatic rings. The summed E-state index contributed by atoms with van der Waals surface area (Å²) in [6.07, 6.45) is 3.35. The Hall–Kier alpha value is -0.610. The van der Waals surface area contributed by atoms with Crippen LogP contribution in [0.15, 0.2) is 0 Å². The molecule has 0 aliphatic carbocycles. The molecule has 0 aromatic carbocycles. The third kappa shape index (κ3) is 3.64. The van der Waals surface area contributed by atoms with Crippen LogP contribution in [-0.2, 0) is 4.79 Å². The van der Waals surface area contributed by atoms with E-state index in [1.807, 2.05) is 0 Å². The molecule has 1 aliphatic rings. The summed E-state index contributed by atoms with van der Waals surface area (Å²) >= 11 is 0. The van der Waals surface area contributed by atoms with Crippen LogP contribution in [0.25, 0.3) is 0 Å². The Morgan fingerprint density at radius 2 is 2.14 bits per heavy atom. The fourth-order valence-corrected chi connectivity index (χ4v) is 2.05. The first kappa shape index (κ1) is 11.5. The predicted molar refractivity (Wildman–Crippen MR) is 57.0 cm³/mol. The number of hydrogen-bond donors (Lipinski definition) is 2. The van der Waals surface area contributed by atoms with Crippen LogP contribution in [0.5, 0.6) is 0 Å². The molecule has 0 radical (unpaired) electrons. The molecule has 3 N–H and O–H groups in total. The Labute approximate surface area is 85.8 Å².